The van der Waals surface area contributed by atoms with E-state index in [-0.39, 0.29) is 11.3 Å². The van der Waals surface area contributed by atoms with Crippen molar-refractivity contribution in [2.45, 2.75) is 6.92 Å². The van der Waals surface area contributed by atoms with Gasteiger partial charge in [-0.25, -0.2) is 4.79 Å². The van der Waals surface area contributed by atoms with Gasteiger partial charge in [-0.2, -0.15) is 0 Å². The van der Waals surface area contributed by atoms with Gasteiger partial charge in [-0.1, -0.05) is 34.1 Å². The van der Waals surface area contributed by atoms with Crippen molar-refractivity contribution < 1.29 is 14.7 Å². The number of hydrogen-bond donors (Lipinski definition) is 1. The second-order valence-corrected chi connectivity index (χ2v) is 5.09. The summed E-state index contributed by atoms with van der Waals surface area (Å²) < 4.78 is 0.816. The summed E-state index contributed by atoms with van der Waals surface area (Å²) >= 11 is 3.33. The average molecular weight is 319 g/mol. The van der Waals surface area contributed by atoms with Crippen molar-refractivity contribution in [3.63, 3.8) is 0 Å². The van der Waals surface area contributed by atoms with Gasteiger partial charge >= 0.3 is 5.97 Å². The predicted octanol–water partition coefficient (Wildman–Crippen LogP) is 3.69. The minimum absolute atomic E-state index is 0.110. The van der Waals surface area contributed by atoms with Gasteiger partial charge in [-0.05, 0) is 36.8 Å². The molecule has 0 radical (unpaired) electrons. The SMILES string of the molecule is Cc1ccc(Br)cc1C(=O)c1cccc(C(=O)O)c1. The Kier molecular flexibility index (Phi) is 3.81. The van der Waals surface area contributed by atoms with Crippen molar-refractivity contribution in [2.24, 2.45) is 0 Å². The van der Waals surface area contributed by atoms with E-state index in [1.165, 1.54) is 12.1 Å². The minimum atomic E-state index is -1.04. The van der Waals surface area contributed by atoms with E-state index in [0.29, 0.717) is 11.1 Å². The van der Waals surface area contributed by atoms with Crippen LogP contribution >= 0.6 is 15.9 Å². The molecule has 0 aliphatic rings. The highest BCUT2D eigenvalue weighted by molar-refractivity contribution is 9.10. The molecule has 0 unspecified atom stereocenters. The lowest BCUT2D eigenvalue weighted by Crippen LogP contribution is -2.06. The van der Waals surface area contributed by atoms with E-state index in [2.05, 4.69) is 15.9 Å². The Morgan fingerprint density at radius 3 is 2.42 bits per heavy atom. The summed E-state index contributed by atoms with van der Waals surface area (Å²) in [6.45, 7) is 1.85. The number of aryl methyl sites for hydroxylation is 1. The van der Waals surface area contributed by atoms with Crippen molar-refractivity contribution in [1.29, 1.82) is 0 Å². The molecule has 0 spiro atoms. The maximum atomic E-state index is 12.4. The van der Waals surface area contributed by atoms with Crippen LogP contribution in [0, 0.1) is 6.92 Å². The van der Waals surface area contributed by atoms with E-state index >= 15 is 0 Å². The van der Waals surface area contributed by atoms with E-state index < -0.39 is 5.97 Å². The molecule has 96 valence electrons. The van der Waals surface area contributed by atoms with Crippen LogP contribution in [-0.2, 0) is 0 Å². The quantitative estimate of drug-likeness (QED) is 0.878. The summed E-state index contributed by atoms with van der Waals surface area (Å²) in [5.74, 6) is -1.22. The topological polar surface area (TPSA) is 54.4 Å². The molecule has 0 fully saturated rings. The molecule has 1 N–H and O–H groups in total. The van der Waals surface area contributed by atoms with Crippen LogP contribution in [-0.4, -0.2) is 16.9 Å². The smallest absolute Gasteiger partial charge is 0.335 e. The van der Waals surface area contributed by atoms with Crippen LogP contribution < -0.4 is 0 Å². The molecule has 4 heteroatoms. The van der Waals surface area contributed by atoms with Crippen molar-refractivity contribution in [1.82, 2.24) is 0 Å². The third kappa shape index (κ3) is 2.90. The van der Waals surface area contributed by atoms with E-state index in [4.69, 9.17) is 5.11 Å². The molecule has 19 heavy (non-hydrogen) atoms. The molecule has 0 heterocycles. The monoisotopic (exact) mass is 318 g/mol. The van der Waals surface area contributed by atoms with E-state index in [0.717, 1.165) is 10.0 Å². The maximum Gasteiger partial charge on any atom is 0.335 e. The lowest BCUT2D eigenvalue weighted by atomic mass is 9.98. The first-order valence-electron chi connectivity index (χ1n) is 5.63. The van der Waals surface area contributed by atoms with Crippen LogP contribution in [0.3, 0.4) is 0 Å². The van der Waals surface area contributed by atoms with Gasteiger partial charge in [0, 0.05) is 15.6 Å². The van der Waals surface area contributed by atoms with Crippen LogP contribution in [0.2, 0.25) is 0 Å². The van der Waals surface area contributed by atoms with Gasteiger partial charge in [0.25, 0.3) is 0 Å². The van der Waals surface area contributed by atoms with E-state index in [9.17, 15) is 9.59 Å². The zero-order valence-electron chi connectivity index (χ0n) is 10.2. The zero-order valence-corrected chi connectivity index (χ0v) is 11.8. The summed E-state index contributed by atoms with van der Waals surface area (Å²) in [6, 6.07) is 11.5. The molecule has 0 saturated heterocycles. The van der Waals surface area contributed by atoms with Crippen molar-refractivity contribution >= 4 is 27.7 Å². The number of hydrogen-bond acceptors (Lipinski definition) is 2. The van der Waals surface area contributed by atoms with Crippen molar-refractivity contribution in [2.75, 3.05) is 0 Å². The van der Waals surface area contributed by atoms with Gasteiger partial charge in [-0.3, -0.25) is 4.79 Å². The third-order valence-electron chi connectivity index (χ3n) is 2.82. The summed E-state index contributed by atoms with van der Waals surface area (Å²) in [7, 11) is 0. The number of carbonyl (C=O) groups excluding carboxylic acids is 1. The van der Waals surface area contributed by atoms with Gasteiger partial charge < -0.3 is 5.11 Å². The highest BCUT2D eigenvalue weighted by atomic mass is 79.9. The van der Waals surface area contributed by atoms with E-state index in [1.807, 2.05) is 19.1 Å². The number of ketones is 1. The molecule has 0 aliphatic carbocycles. The minimum Gasteiger partial charge on any atom is -0.478 e. The van der Waals surface area contributed by atoms with Crippen molar-refractivity contribution in [3.8, 4) is 0 Å². The highest BCUT2D eigenvalue weighted by Gasteiger charge is 2.14. The fourth-order valence-corrected chi connectivity index (χ4v) is 2.15. The molecule has 0 bridgehead atoms. The normalized spacial score (nSPS) is 10.2. The first-order chi connectivity index (χ1) is 8.99. The average Bonchev–Trinajstić information content (AvgIpc) is 2.41. The first kappa shape index (κ1) is 13.5. The van der Waals surface area contributed by atoms with Crippen molar-refractivity contribution in [3.05, 3.63) is 69.2 Å². The lowest BCUT2D eigenvalue weighted by molar-refractivity contribution is 0.0697. The number of carboxylic acid groups (broad SMARTS) is 1. The molecule has 3 nitrogen and oxygen atoms in total. The van der Waals surface area contributed by atoms with Crippen LogP contribution in [0.4, 0.5) is 0 Å². The Balaban J connectivity index is 2.47. The fourth-order valence-electron chi connectivity index (χ4n) is 1.79. The van der Waals surface area contributed by atoms with Crippen LogP contribution in [0.25, 0.3) is 0 Å². The Hall–Kier alpha value is -1.94. The molecule has 0 aromatic heterocycles. The molecular weight excluding hydrogens is 308 g/mol. The second-order valence-electron chi connectivity index (χ2n) is 4.17. The summed E-state index contributed by atoms with van der Waals surface area (Å²) in [5.41, 5.74) is 1.91. The third-order valence-corrected chi connectivity index (χ3v) is 3.31. The van der Waals surface area contributed by atoms with Gasteiger partial charge in [0.2, 0.25) is 0 Å². The molecule has 0 amide bonds. The summed E-state index contributed by atoms with van der Waals surface area (Å²) in [4.78, 5) is 23.3. The number of halogens is 1. The molecule has 0 atom stereocenters. The van der Waals surface area contributed by atoms with Crippen LogP contribution in [0.15, 0.2) is 46.9 Å². The highest BCUT2D eigenvalue weighted by Crippen LogP contribution is 2.20. The fraction of sp³-hybridized carbons (Fsp3) is 0.0667. The summed E-state index contributed by atoms with van der Waals surface area (Å²) in [6.07, 6.45) is 0. The number of carboxylic acids is 1. The Labute approximate surface area is 119 Å². The molecule has 2 rings (SSSR count). The van der Waals surface area contributed by atoms with Gasteiger partial charge in [-0.15, -0.1) is 0 Å². The standard InChI is InChI=1S/C15H11BrO3/c1-9-5-6-12(16)8-13(9)14(17)10-3-2-4-11(7-10)15(18)19/h2-8H,1H3,(H,18,19). The van der Waals surface area contributed by atoms with E-state index in [1.54, 1.807) is 18.2 Å². The molecule has 2 aromatic rings. The Morgan fingerprint density at radius 2 is 1.74 bits per heavy atom. The predicted molar refractivity (Wildman–Crippen MR) is 75.7 cm³/mol. The van der Waals surface area contributed by atoms with Crippen LogP contribution in [0.1, 0.15) is 31.8 Å². The molecule has 2 aromatic carbocycles. The number of aromatic carboxylic acids is 1. The van der Waals surface area contributed by atoms with Crippen LogP contribution in [0.5, 0.6) is 0 Å². The van der Waals surface area contributed by atoms with Gasteiger partial charge in [0.05, 0.1) is 5.56 Å². The number of benzene rings is 2. The first-order valence-corrected chi connectivity index (χ1v) is 6.42. The number of carbonyl (C=O) groups is 2. The lowest BCUT2D eigenvalue weighted by Gasteiger charge is -2.06. The summed E-state index contributed by atoms with van der Waals surface area (Å²) in [5, 5.41) is 8.94. The second kappa shape index (κ2) is 5.36. The zero-order chi connectivity index (χ0) is 14.0. The van der Waals surface area contributed by atoms with Gasteiger partial charge in [0.15, 0.2) is 5.78 Å². The Morgan fingerprint density at radius 1 is 1.05 bits per heavy atom. The maximum absolute atomic E-state index is 12.4. The molecule has 0 saturated carbocycles. The largest absolute Gasteiger partial charge is 0.478 e. The molecule has 0 aliphatic heterocycles. The van der Waals surface area contributed by atoms with Gasteiger partial charge in [0.1, 0.15) is 0 Å². The Bertz CT molecular complexity index is 662. The molecular formula is C15H11BrO3. The number of rotatable bonds is 3.